The highest BCUT2D eigenvalue weighted by atomic mass is 16.2. The third-order valence-electron chi connectivity index (χ3n) is 4.55. The predicted molar refractivity (Wildman–Crippen MR) is 94.0 cm³/mol. The molecule has 5 nitrogen and oxygen atoms in total. The van der Waals surface area contributed by atoms with E-state index in [0.717, 1.165) is 45.1 Å². The molecule has 1 fully saturated rings. The molecule has 5 heteroatoms. The van der Waals surface area contributed by atoms with E-state index in [0.29, 0.717) is 19.5 Å². The highest BCUT2D eigenvalue weighted by Gasteiger charge is 2.31. The molecule has 0 aliphatic carbocycles. The molecule has 0 bridgehead atoms. The second-order valence-electron chi connectivity index (χ2n) is 6.55. The molecule has 0 saturated carbocycles. The summed E-state index contributed by atoms with van der Waals surface area (Å²) in [7, 11) is 0. The summed E-state index contributed by atoms with van der Waals surface area (Å²) in [4.78, 5) is 26.6. The minimum absolute atomic E-state index is 0.00514. The molecule has 0 aromatic heterocycles. The van der Waals surface area contributed by atoms with Crippen molar-refractivity contribution in [1.29, 1.82) is 0 Å². The highest BCUT2D eigenvalue weighted by Crippen LogP contribution is 2.19. The van der Waals surface area contributed by atoms with Gasteiger partial charge in [0.05, 0.1) is 0 Å². The molecule has 0 aromatic carbocycles. The van der Waals surface area contributed by atoms with Crippen LogP contribution in [0.4, 0.5) is 0 Å². The summed E-state index contributed by atoms with van der Waals surface area (Å²) in [6.07, 6.45) is 11.3. The zero-order valence-corrected chi connectivity index (χ0v) is 14.8. The van der Waals surface area contributed by atoms with Crippen LogP contribution in [0.25, 0.3) is 0 Å². The number of nitrogens with zero attached hydrogens (tertiary/aromatic N) is 1. The fourth-order valence-electron chi connectivity index (χ4n) is 3.13. The van der Waals surface area contributed by atoms with Gasteiger partial charge in [-0.2, -0.15) is 0 Å². The summed E-state index contributed by atoms with van der Waals surface area (Å²) >= 11 is 0. The molecular weight excluding hydrogens is 290 g/mol. The van der Waals surface area contributed by atoms with E-state index in [4.69, 9.17) is 5.73 Å². The summed E-state index contributed by atoms with van der Waals surface area (Å²) in [5, 5.41) is 2.92. The maximum atomic E-state index is 12.5. The Morgan fingerprint density at radius 1 is 1.09 bits per heavy atom. The van der Waals surface area contributed by atoms with Crippen LogP contribution in [0, 0.1) is 0 Å². The number of amides is 2. The van der Waals surface area contributed by atoms with Gasteiger partial charge in [0.25, 0.3) is 0 Å². The molecule has 134 valence electrons. The summed E-state index contributed by atoms with van der Waals surface area (Å²) in [5.74, 6) is 0.147. The van der Waals surface area contributed by atoms with Crippen molar-refractivity contribution in [3.63, 3.8) is 0 Å². The van der Waals surface area contributed by atoms with E-state index in [1.165, 1.54) is 25.7 Å². The molecule has 1 aliphatic heterocycles. The number of nitrogens with two attached hydrogens (primary N) is 1. The summed E-state index contributed by atoms with van der Waals surface area (Å²) in [5.41, 5.74) is 5.45. The van der Waals surface area contributed by atoms with Crippen molar-refractivity contribution in [2.75, 3.05) is 19.6 Å². The third-order valence-corrected chi connectivity index (χ3v) is 4.55. The number of hydrogen-bond donors (Lipinski definition) is 2. The highest BCUT2D eigenvalue weighted by molar-refractivity contribution is 5.87. The van der Waals surface area contributed by atoms with Crippen LogP contribution in [0.1, 0.15) is 77.6 Å². The molecule has 0 aromatic rings. The Hall–Kier alpha value is -1.10. The minimum Gasteiger partial charge on any atom is -0.354 e. The fraction of sp³-hybridized carbons (Fsp3) is 0.889. The average molecular weight is 325 g/mol. The number of nitrogens with one attached hydrogen (secondary N) is 1. The summed E-state index contributed by atoms with van der Waals surface area (Å²) in [6.45, 7) is 4.11. The molecule has 0 radical (unpaired) electrons. The Balaban J connectivity index is 2.34. The summed E-state index contributed by atoms with van der Waals surface area (Å²) in [6, 6.07) is -0.269. The maximum absolute atomic E-state index is 12.5. The van der Waals surface area contributed by atoms with E-state index in [1.807, 2.05) is 4.90 Å². The van der Waals surface area contributed by atoms with Crippen LogP contribution in [-0.2, 0) is 9.59 Å². The van der Waals surface area contributed by atoms with E-state index in [9.17, 15) is 9.59 Å². The molecule has 2 amide bonds. The molecule has 1 saturated heterocycles. The molecular formula is C18H35N3O2. The van der Waals surface area contributed by atoms with Crippen LogP contribution in [0.2, 0.25) is 0 Å². The van der Waals surface area contributed by atoms with E-state index >= 15 is 0 Å². The second kappa shape index (κ2) is 12.3. The smallest absolute Gasteiger partial charge is 0.242 e. The van der Waals surface area contributed by atoms with Gasteiger partial charge in [-0.05, 0) is 38.6 Å². The monoisotopic (exact) mass is 325 g/mol. The minimum atomic E-state index is -0.269. The van der Waals surface area contributed by atoms with Crippen molar-refractivity contribution < 1.29 is 9.59 Å². The fourth-order valence-corrected chi connectivity index (χ4v) is 3.13. The van der Waals surface area contributed by atoms with Gasteiger partial charge in [-0.3, -0.25) is 9.59 Å². The number of hydrogen-bond acceptors (Lipinski definition) is 3. The lowest BCUT2D eigenvalue weighted by atomic mass is 10.00. The molecule has 23 heavy (non-hydrogen) atoms. The Kier molecular flexibility index (Phi) is 10.7. The lowest BCUT2D eigenvalue weighted by molar-refractivity contribution is -0.142. The zero-order chi connectivity index (χ0) is 16.9. The largest absolute Gasteiger partial charge is 0.354 e. The second-order valence-corrected chi connectivity index (χ2v) is 6.55. The Labute approximate surface area is 141 Å². The SMILES string of the molecule is CCCCCCCCC(=O)N1CCCCC1C(=O)NCCCN. The molecule has 1 atom stereocenters. The Morgan fingerprint density at radius 2 is 1.83 bits per heavy atom. The predicted octanol–water partition coefficient (Wildman–Crippen LogP) is 2.58. The first-order valence-corrected chi connectivity index (χ1v) is 9.48. The number of carbonyl (C=O) groups is 2. The lowest BCUT2D eigenvalue weighted by Crippen LogP contribution is -2.52. The van der Waals surface area contributed by atoms with Gasteiger partial charge in [0.2, 0.25) is 11.8 Å². The quantitative estimate of drug-likeness (QED) is 0.573. The van der Waals surface area contributed by atoms with Crippen molar-refractivity contribution in [3.8, 4) is 0 Å². The molecule has 1 aliphatic rings. The molecule has 0 spiro atoms. The zero-order valence-electron chi connectivity index (χ0n) is 14.8. The van der Waals surface area contributed by atoms with E-state index in [1.54, 1.807) is 0 Å². The van der Waals surface area contributed by atoms with Crippen LogP contribution >= 0.6 is 0 Å². The third kappa shape index (κ3) is 7.82. The Morgan fingerprint density at radius 3 is 2.57 bits per heavy atom. The number of unbranched alkanes of at least 4 members (excludes halogenated alkanes) is 5. The van der Waals surface area contributed by atoms with Crippen LogP contribution in [0.15, 0.2) is 0 Å². The topological polar surface area (TPSA) is 75.4 Å². The average Bonchev–Trinajstić information content (AvgIpc) is 2.58. The number of piperidine rings is 1. The summed E-state index contributed by atoms with van der Waals surface area (Å²) < 4.78 is 0. The van der Waals surface area contributed by atoms with Crippen LogP contribution in [0.5, 0.6) is 0 Å². The first-order valence-electron chi connectivity index (χ1n) is 9.48. The van der Waals surface area contributed by atoms with Gasteiger partial charge in [0.1, 0.15) is 6.04 Å². The van der Waals surface area contributed by atoms with Crippen LogP contribution in [0.3, 0.4) is 0 Å². The van der Waals surface area contributed by atoms with Crippen molar-refractivity contribution in [1.82, 2.24) is 10.2 Å². The van der Waals surface area contributed by atoms with Gasteiger partial charge in [-0.1, -0.05) is 39.0 Å². The Bertz CT molecular complexity index is 347. The standard InChI is InChI=1S/C18H35N3O2/c1-2-3-4-5-6-7-12-17(22)21-15-9-8-11-16(21)18(23)20-14-10-13-19/h16H,2-15,19H2,1H3,(H,20,23). The van der Waals surface area contributed by atoms with Gasteiger partial charge in [-0.25, -0.2) is 0 Å². The van der Waals surface area contributed by atoms with E-state index < -0.39 is 0 Å². The number of carbonyl (C=O) groups excluding carboxylic acids is 2. The van der Waals surface area contributed by atoms with Gasteiger partial charge in [0.15, 0.2) is 0 Å². The van der Waals surface area contributed by atoms with Gasteiger partial charge < -0.3 is 16.0 Å². The molecule has 1 rings (SSSR count). The van der Waals surface area contributed by atoms with Crippen LogP contribution in [-0.4, -0.2) is 42.4 Å². The molecule has 1 unspecified atom stereocenters. The maximum Gasteiger partial charge on any atom is 0.242 e. The molecule has 3 N–H and O–H groups in total. The van der Waals surface area contributed by atoms with Gasteiger partial charge in [-0.15, -0.1) is 0 Å². The van der Waals surface area contributed by atoms with Gasteiger partial charge >= 0.3 is 0 Å². The van der Waals surface area contributed by atoms with Crippen molar-refractivity contribution >= 4 is 11.8 Å². The first kappa shape index (κ1) is 19.9. The van der Waals surface area contributed by atoms with E-state index in [-0.39, 0.29) is 17.9 Å². The van der Waals surface area contributed by atoms with Crippen molar-refractivity contribution in [2.24, 2.45) is 5.73 Å². The normalized spacial score (nSPS) is 18.0. The van der Waals surface area contributed by atoms with Crippen molar-refractivity contribution in [2.45, 2.75) is 83.6 Å². The van der Waals surface area contributed by atoms with Crippen molar-refractivity contribution in [3.05, 3.63) is 0 Å². The lowest BCUT2D eigenvalue weighted by Gasteiger charge is -2.34. The van der Waals surface area contributed by atoms with Crippen LogP contribution < -0.4 is 11.1 Å². The number of rotatable bonds is 11. The first-order chi connectivity index (χ1) is 11.2. The molecule has 1 heterocycles. The number of likely N-dealkylation sites (tertiary alicyclic amines) is 1. The van der Waals surface area contributed by atoms with Gasteiger partial charge in [0, 0.05) is 19.5 Å². The van der Waals surface area contributed by atoms with E-state index in [2.05, 4.69) is 12.2 Å².